The highest BCUT2D eigenvalue weighted by Gasteiger charge is 2.60. The van der Waals surface area contributed by atoms with E-state index in [-0.39, 0.29) is 0 Å². The molecule has 1 aliphatic heterocycles. The molecule has 10 nitrogen and oxygen atoms in total. The van der Waals surface area contributed by atoms with Crippen LogP contribution in [0.5, 0.6) is 0 Å². The van der Waals surface area contributed by atoms with E-state index in [4.69, 9.17) is 18.3 Å². The Bertz CT molecular complexity index is 1420. The quantitative estimate of drug-likeness (QED) is 0.321. The number of hydrogen-bond donors (Lipinski definition) is 1. The topological polar surface area (TPSA) is 113 Å². The first-order chi connectivity index (χ1) is 17.4. The number of aromatic amines is 1. The summed E-state index contributed by atoms with van der Waals surface area (Å²) >= 11 is 4.48. The minimum Gasteiger partial charge on any atom is -0.432 e. The summed E-state index contributed by atoms with van der Waals surface area (Å²) in [6, 6.07) is 10.2. The molecule has 1 aliphatic rings. The molecule has 0 bridgehead atoms. The highest BCUT2D eigenvalue weighted by molar-refractivity contribution is 7.14. The standard InChI is InChI=1S/C22H14N8O2S3/c1-2-17(33-11-1)29-18(14-4-9-32-27-14)19(15-5-12-35-28-15)30(21-24-7-10-31-21)22(29,16-3-6-25-26-16)20-23-8-13-34-20/h1-13H,(H,25,26). The van der Waals surface area contributed by atoms with Crippen LogP contribution in [0.1, 0.15) is 22.1 Å². The summed E-state index contributed by atoms with van der Waals surface area (Å²) in [5.74, 6) is 0. The highest BCUT2D eigenvalue weighted by atomic mass is 32.1. The molecule has 0 amide bonds. The molecule has 1 atom stereocenters. The molecule has 0 saturated heterocycles. The zero-order valence-corrected chi connectivity index (χ0v) is 20.1. The van der Waals surface area contributed by atoms with Gasteiger partial charge in [-0.05, 0) is 41.2 Å². The Labute approximate surface area is 210 Å². The van der Waals surface area contributed by atoms with Crippen molar-refractivity contribution in [2.45, 2.75) is 5.66 Å². The number of H-pyrrole nitrogens is 1. The van der Waals surface area contributed by atoms with Gasteiger partial charge in [-0.2, -0.15) is 9.47 Å². The van der Waals surface area contributed by atoms with Gasteiger partial charge in [-0.1, -0.05) is 5.16 Å². The Morgan fingerprint density at radius 2 is 1.83 bits per heavy atom. The molecule has 0 aromatic carbocycles. The summed E-state index contributed by atoms with van der Waals surface area (Å²) in [6.07, 6.45) is 8.24. The van der Waals surface area contributed by atoms with Gasteiger partial charge in [0.2, 0.25) is 5.66 Å². The predicted octanol–water partition coefficient (Wildman–Crippen LogP) is 5.11. The van der Waals surface area contributed by atoms with E-state index in [1.165, 1.54) is 22.9 Å². The Morgan fingerprint density at radius 1 is 0.857 bits per heavy atom. The van der Waals surface area contributed by atoms with E-state index in [0.717, 1.165) is 32.8 Å². The Kier molecular flexibility index (Phi) is 4.65. The second kappa shape index (κ2) is 8.01. The van der Waals surface area contributed by atoms with Crippen LogP contribution < -0.4 is 9.80 Å². The molecule has 6 aromatic heterocycles. The zero-order valence-electron chi connectivity index (χ0n) is 17.7. The van der Waals surface area contributed by atoms with Crippen molar-refractivity contribution < 1.29 is 8.94 Å². The van der Waals surface area contributed by atoms with E-state index in [9.17, 15) is 0 Å². The fourth-order valence-corrected chi connectivity index (χ4v) is 6.52. The summed E-state index contributed by atoms with van der Waals surface area (Å²) in [5.41, 5.74) is 2.59. The average Bonchev–Trinajstić information content (AvgIpc) is 3.71. The third-order valence-electron chi connectivity index (χ3n) is 5.62. The van der Waals surface area contributed by atoms with E-state index in [1.54, 1.807) is 42.5 Å². The molecule has 13 heteroatoms. The minimum atomic E-state index is -1.08. The second-order valence-electron chi connectivity index (χ2n) is 7.38. The Balaban J connectivity index is 1.67. The van der Waals surface area contributed by atoms with Gasteiger partial charge in [-0.25, -0.2) is 9.97 Å². The van der Waals surface area contributed by atoms with Crippen LogP contribution in [0.4, 0.5) is 11.0 Å². The molecule has 35 heavy (non-hydrogen) atoms. The lowest BCUT2D eigenvalue weighted by Gasteiger charge is -2.42. The summed E-state index contributed by atoms with van der Waals surface area (Å²) in [6.45, 7) is 0. The van der Waals surface area contributed by atoms with Crippen LogP contribution in [0.2, 0.25) is 0 Å². The molecule has 1 N–H and O–H groups in total. The lowest BCUT2D eigenvalue weighted by atomic mass is 10.0. The lowest BCUT2D eigenvalue weighted by Crippen LogP contribution is -2.53. The van der Waals surface area contributed by atoms with Crippen molar-refractivity contribution in [3.63, 3.8) is 0 Å². The molecule has 0 fully saturated rings. The second-order valence-corrected chi connectivity index (χ2v) is 9.87. The fourth-order valence-electron chi connectivity index (χ4n) is 4.40. The van der Waals surface area contributed by atoms with Crippen LogP contribution in [0.3, 0.4) is 0 Å². The molecule has 7 heterocycles. The molecular weight excluding hydrogens is 504 g/mol. The van der Waals surface area contributed by atoms with Gasteiger partial charge in [-0.15, -0.1) is 22.7 Å². The molecular formula is C22H14N8O2S3. The van der Waals surface area contributed by atoms with Crippen LogP contribution >= 0.6 is 34.2 Å². The van der Waals surface area contributed by atoms with Crippen LogP contribution in [0.15, 0.2) is 86.5 Å². The SMILES string of the molecule is c1csc(N2C(c3ccon3)=C(c3ccsn3)N(c3ncco3)C2(c2ccn[nH]2)c2nccs2)c1. The summed E-state index contributed by atoms with van der Waals surface area (Å²) in [5, 5.41) is 19.5. The van der Waals surface area contributed by atoms with Crippen molar-refractivity contribution in [3.05, 3.63) is 99.7 Å². The Hall–Kier alpha value is -4.07. The number of hydrogen-bond acceptors (Lipinski definition) is 12. The van der Waals surface area contributed by atoms with Gasteiger partial charge in [0, 0.05) is 29.2 Å². The van der Waals surface area contributed by atoms with E-state index < -0.39 is 5.66 Å². The predicted molar refractivity (Wildman–Crippen MR) is 133 cm³/mol. The van der Waals surface area contributed by atoms with Crippen LogP contribution in [0.25, 0.3) is 11.4 Å². The molecule has 172 valence electrons. The third-order valence-corrected chi connectivity index (χ3v) is 7.91. The lowest BCUT2D eigenvalue weighted by molar-refractivity contribution is 0.417. The van der Waals surface area contributed by atoms with E-state index in [2.05, 4.69) is 31.3 Å². The van der Waals surface area contributed by atoms with Gasteiger partial charge in [0.05, 0.1) is 16.9 Å². The summed E-state index contributed by atoms with van der Waals surface area (Å²) in [4.78, 5) is 13.6. The van der Waals surface area contributed by atoms with Crippen LogP contribution in [-0.2, 0) is 5.66 Å². The minimum absolute atomic E-state index is 0.373. The van der Waals surface area contributed by atoms with Crippen molar-refractivity contribution in [1.29, 1.82) is 0 Å². The van der Waals surface area contributed by atoms with Crippen molar-refractivity contribution in [2.24, 2.45) is 0 Å². The number of nitrogens with zero attached hydrogens (tertiary/aromatic N) is 7. The van der Waals surface area contributed by atoms with Gasteiger partial charge < -0.3 is 8.94 Å². The molecule has 1 unspecified atom stereocenters. The van der Waals surface area contributed by atoms with Crippen LogP contribution in [0, 0.1) is 0 Å². The number of thiazole rings is 1. The monoisotopic (exact) mass is 518 g/mol. The summed E-state index contributed by atoms with van der Waals surface area (Å²) in [7, 11) is 0. The van der Waals surface area contributed by atoms with E-state index in [1.807, 2.05) is 45.3 Å². The molecule has 7 rings (SSSR count). The van der Waals surface area contributed by atoms with Crippen molar-refractivity contribution in [1.82, 2.24) is 29.7 Å². The molecule has 0 spiro atoms. The summed E-state index contributed by atoms with van der Waals surface area (Å²) < 4.78 is 16.0. The first-order valence-electron chi connectivity index (χ1n) is 10.4. The van der Waals surface area contributed by atoms with Gasteiger partial charge in [0.25, 0.3) is 0 Å². The highest BCUT2D eigenvalue weighted by Crippen LogP contribution is 2.57. The van der Waals surface area contributed by atoms with Crippen molar-refractivity contribution in [2.75, 3.05) is 9.80 Å². The van der Waals surface area contributed by atoms with Gasteiger partial charge in [0.15, 0.2) is 0 Å². The van der Waals surface area contributed by atoms with Gasteiger partial charge >= 0.3 is 6.01 Å². The third kappa shape index (κ3) is 2.89. The first-order valence-corrected chi connectivity index (χ1v) is 13.0. The maximum absolute atomic E-state index is 5.96. The van der Waals surface area contributed by atoms with Crippen molar-refractivity contribution in [3.8, 4) is 0 Å². The fraction of sp³-hybridized carbons (Fsp3) is 0.0455. The molecule has 6 aromatic rings. The Morgan fingerprint density at radius 3 is 2.49 bits per heavy atom. The number of nitrogens with one attached hydrogen (secondary N) is 1. The zero-order chi connectivity index (χ0) is 23.2. The maximum atomic E-state index is 5.96. The number of aromatic nitrogens is 6. The van der Waals surface area contributed by atoms with E-state index in [0.29, 0.717) is 11.7 Å². The van der Waals surface area contributed by atoms with Crippen molar-refractivity contribution >= 4 is 56.6 Å². The first kappa shape index (κ1) is 20.3. The normalized spacial score (nSPS) is 18.2. The van der Waals surface area contributed by atoms with E-state index >= 15 is 0 Å². The maximum Gasteiger partial charge on any atom is 0.304 e. The average molecular weight is 519 g/mol. The molecule has 0 aliphatic carbocycles. The number of oxazole rings is 1. The largest absolute Gasteiger partial charge is 0.432 e. The van der Waals surface area contributed by atoms with Gasteiger partial charge in [-0.3, -0.25) is 14.9 Å². The number of rotatable bonds is 6. The van der Waals surface area contributed by atoms with Crippen LogP contribution in [-0.4, -0.2) is 29.7 Å². The molecule has 0 saturated carbocycles. The number of thiophene rings is 1. The molecule has 0 radical (unpaired) electrons. The number of anilines is 2. The van der Waals surface area contributed by atoms with Gasteiger partial charge in [0.1, 0.15) is 40.3 Å². The smallest absolute Gasteiger partial charge is 0.304 e.